The van der Waals surface area contributed by atoms with Crippen LogP contribution in [0.4, 0.5) is 5.69 Å². The van der Waals surface area contributed by atoms with Gasteiger partial charge in [-0.05, 0) is 37.6 Å². The van der Waals surface area contributed by atoms with Crippen LogP contribution >= 0.6 is 23.4 Å². The van der Waals surface area contributed by atoms with Crippen molar-refractivity contribution in [3.05, 3.63) is 70.5 Å². The monoisotopic (exact) mass is 458 g/mol. The molecular weight excluding hydrogens is 436 g/mol. The molecule has 0 bridgehead atoms. The van der Waals surface area contributed by atoms with Gasteiger partial charge in [0.15, 0.2) is 5.16 Å². The summed E-state index contributed by atoms with van der Waals surface area (Å²) in [7, 11) is 0. The summed E-state index contributed by atoms with van der Waals surface area (Å²) in [5.41, 5.74) is 1.83. The Morgan fingerprint density at radius 1 is 1.13 bits per heavy atom. The minimum atomic E-state index is -0.467. The molecule has 9 heteroatoms. The summed E-state index contributed by atoms with van der Waals surface area (Å²) >= 11 is 7.46. The van der Waals surface area contributed by atoms with Crippen molar-refractivity contribution >= 4 is 40.9 Å². The van der Waals surface area contributed by atoms with Crippen LogP contribution in [0.5, 0.6) is 0 Å². The van der Waals surface area contributed by atoms with Gasteiger partial charge in [0.05, 0.1) is 28.6 Å². The first-order valence-electron chi connectivity index (χ1n) is 9.87. The molecule has 0 radical (unpaired) electrons. The quantitative estimate of drug-likeness (QED) is 0.376. The van der Waals surface area contributed by atoms with Gasteiger partial charge in [-0.15, -0.1) is 10.2 Å². The zero-order chi connectivity index (χ0) is 22.2. The molecule has 1 amide bonds. The number of ether oxygens (including phenoxy) is 1. The molecule has 0 fully saturated rings. The van der Waals surface area contributed by atoms with Gasteiger partial charge in [-0.25, -0.2) is 4.79 Å². The molecule has 0 saturated carbocycles. The van der Waals surface area contributed by atoms with Crippen LogP contribution in [0.1, 0.15) is 35.6 Å². The number of nitrogens with zero attached hydrogens (tertiary/aromatic N) is 3. The number of benzene rings is 2. The highest BCUT2D eigenvalue weighted by Crippen LogP contribution is 2.25. The van der Waals surface area contributed by atoms with Gasteiger partial charge in [-0.3, -0.25) is 4.79 Å². The lowest BCUT2D eigenvalue weighted by molar-refractivity contribution is -0.113. The van der Waals surface area contributed by atoms with Crippen molar-refractivity contribution in [3.63, 3.8) is 0 Å². The van der Waals surface area contributed by atoms with Crippen LogP contribution in [-0.2, 0) is 22.5 Å². The van der Waals surface area contributed by atoms with Crippen molar-refractivity contribution < 1.29 is 14.3 Å². The molecule has 3 rings (SSSR count). The van der Waals surface area contributed by atoms with Crippen LogP contribution in [0.25, 0.3) is 0 Å². The Balaban J connectivity index is 1.64. The number of anilines is 1. The lowest BCUT2D eigenvalue weighted by atomic mass is 10.1. The number of rotatable bonds is 9. The third-order valence-corrected chi connectivity index (χ3v) is 5.70. The summed E-state index contributed by atoms with van der Waals surface area (Å²) in [5, 5.41) is 12.3. The summed E-state index contributed by atoms with van der Waals surface area (Å²) in [6, 6.07) is 14.7. The second-order valence-corrected chi connectivity index (χ2v) is 7.91. The third kappa shape index (κ3) is 6.08. The maximum Gasteiger partial charge on any atom is 0.338 e. The molecule has 0 aliphatic carbocycles. The third-order valence-electron chi connectivity index (χ3n) is 4.40. The van der Waals surface area contributed by atoms with Gasteiger partial charge in [0.25, 0.3) is 0 Å². The SMILES string of the molecule is CCOC(=O)c1ccc(Cl)c(NC(=O)CSc2nnc(Cc3ccccc3)n2CC)c1. The molecule has 0 aliphatic rings. The molecule has 31 heavy (non-hydrogen) atoms. The van der Waals surface area contributed by atoms with Gasteiger partial charge in [0.1, 0.15) is 5.82 Å². The number of hydrogen-bond acceptors (Lipinski definition) is 6. The highest BCUT2D eigenvalue weighted by molar-refractivity contribution is 7.99. The topological polar surface area (TPSA) is 86.1 Å². The van der Waals surface area contributed by atoms with Crippen LogP contribution in [-0.4, -0.2) is 39.0 Å². The molecule has 3 aromatic rings. The number of carbonyl (C=O) groups excluding carboxylic acids is 2. The first-order valence-corrected chi connectivity index (χ1v) is 11.2. The molecule has 2 aromatic carbocycles. The minimum Gasteiger partial charge on any atom is -0.462 e. The van der Waals surface area contributed by atoms with E-state index in [9.17, 15) is 9.59 Å². The molecule has 0 saturated heterocycles. The van der Waals surface area contributed by atoms with Crippen LogP contribution in [0, 0.1) is 0 Å². The van der Waals surface area contributed by atoms with E-state index in [4.69, 9.17) is 16.3 Å². The second-order valence-electron chi connectivity index (χ2n) is 6.56. The maximum absolute atomic E-state index is 12.5. The summed E-state index contributed by atoms with van der Waals surface area (Å²) < 4.78 is 6.99. The summed E-state index contributed by atoms with van der Waals surface area (Å²) in [6.07, 6.45) is 0.671. The first-order chi connectivity index (χ1) is 15.0. The Kier molecular flexibility index (Phi) is 8.08. The fourth-order valence-electron chi connectivity index (χ4n) is 2.93. The van der Waals surface area contributed by atoms with E-state index in [2.05, 4.69) is 15.5 Å². The lowest BCUT2D eigenvalue weighted by Crippen LogP contribution is -2.16. The number of hydrogen-bond donors (Lipinski definition) is 1. The Morgan fingerprint density at radius 2 is 1.90 bits per heavy atom. The predicted octanol–water partition coefficient (Wildman–Crippen LogP) is 4.45. The zero-order valence-electron chi connectivity index (χ0n) is 17.3. The summed E-state index contributed by atoms with van der Waals surface area (Å²) in [5.74, 6) is 0.250. The highest BCUT2D eigenvalue weighted by atomic mass is 35.5. The molecule has 1 heterocycles. The second kappa shape index (κ2) is 11.0. The van der Waals surface area contributed by atoms with E-state index < -0.39 is 5.97 Å². The Labute approximate surface area is 190 Å². The van der Waals surface area contributed by atoms with Crippen molar-refractivity contribution in [1.82, 2.24) is 14.8 Å². The molecular formula is C22H23ClN4O3S. The molecule has 0 atom stereocenters. The summed E-state index contributed by atoms with van der Waals surface area (Å²) in [6.45, 7) is 4.72. The largest absolute Gasteiger partial charge is 0.462 e. The number of carbonyl (C=O) groups is 2. The number of amides is 1. The Morgan fingerprint density at radius 3 is 2.61 bits per heavy atom. The van der Waals surface area contributed by atoms with Gasteiger partial charge in [0, 0.05) is 13.0 Å². The van der Waals surface area contributed by atoms with Crippen molar-refractivity contribution in [1.29, 1.82) is 0 Å². The fourth-order valence-corrected chi connectivity index (χ4v) is 3.92. The van der Waals surface area contributed by atoms with E-state index in [1.54, 1.807) is 19.1 Å². The Bertz CT molecular complexity index is 1060. The van der Waals surface area contributed by atoms with Crippen LogP contribution < -0.4 is 5.32 Å². The predicted molar refractivity (Wildman–Crippen MR) is 122 cm³/mol. The van der Waals surface area contributed by atoms with E-state index >= 15 is 0 Å². The number of aromatic nitrogens is 3. The smallest absolute Gasteiger partial charge is 0.338 e. The number of esters is 1. The number of nitrogens with one attached hydrogen (secondary N) is 1. The zero-order valence-corrected chi connectivity index (χ0v) is 18.9. The standard InChI is InChI=1S/C22H23ClN4O3S/c1-3-27-19(12-15-8-6-5-7-9-15)25-26-22(27)31-14-20(28)24-18-13-16(10-11-17(18)23)21(29)30-4-2/h5-11,13H,3-4,12,14H2,1-2H3,(H,24,28). The van der Waals surface area contributed by atoms with Crippen LogP contribution in [0.2, 0.25) is 5.02 Å². The van der Waals surface area contributed by atoms with E-state index in [1.807, 2.05) is 41.8 Å². The molecule has 162 valence electrons. The van der Waals surface area contributed by atoms with Gasteiger partial charge in [0.2, 0.25) is 5.91 Å². The molecule has 1 aromatic heterocycles. The fraction of sp³-hybridized carbons (Fsp3) is 0.273. The van der Waals surface area contributed by atoms with E-state index in [-0.39, 0.29) is 18.3 Å². The van der Waals surface area contributed by atoms with Crippen molar-refractivity contribution in [2.45, 2.75) is 32.0 Å². The minimum absolute atomic E-state index is 0.128. The Hall–Kier alpha value is -2.84. The molecule has 0 aliphatic heterocycles. The van der Waals surface area contributed by atoms with Gasteiger partial charge >= 0.3 is 5.97 Å². The average Bonchev–Trinajstić information content (AvgIpc) is 3.16. The van der Waals surface area contributed by atoms with E-state index in [0.29, 0.717) is 34.4 Å². The van der Waals surface area contributed by atoms with Gasteiger partial charge in [-0.1, -0.05) is 53.7 Å². The van der Waals surface area contributed by atoms with Crippen molar-refractivity contribution in [2.24, 2.45) is 0 Å². The summed E-state index contributed by atoms with van der Waals surface area (Å²) in [4.78, 5) is 24.4. The van der Waals surface area contributed by atoms with Crippen LogP contribution in [0.3, 0.4) is 0 Å². The molecule has 7 nitrogen and oxygen atoms in total. The highest BCUT2D eigenvalue weighted by Gasteiger charge is 2.15. The first kappa shape index (κ1) is 22.8. The van der Waals surface area contributed by atoms with Gasteiger partial charge < -0.3 is 14.6 Å². The number of halogens is 1. The molecule has 1 N–H and O–H groups in total. The lowest BCUT2D eigenvalue weighted by Gasteiger charge is -2.10. The van der Waals surface area contributed by atoms with Crippen LogP contribution in [0.15, 0.2) is 53.7 Å². The molecule has 0 unspecified atom stereocenters. The average molecular weight is 459 g/mol. The van der Waals surface area contributed by atoms with Gasteiger partial charge in [-0.2, -0.15) is 0 Å². The van der Waals surface area contributed by atoms with Crippen molar-refractivity contribution in [3.8, 4) is 0 Å². The normalized spacial score (nSPS) is 10.7. The molecule has 0 spiro atoms. The van der Waals surface area contributed by atoms with E-state index in [0.717, 1.165) is 11.4 Å². The maximum atomic E-state index is 12.5. The van der Waals surface area contributed by atoms with E-state index in [1.165, 1.54) is 17.8 Å². The van der Waals surface area contributed by atoms with Crippen molar-refractivity contribution in [2.75, 3.05) is 17.7 Å². The number of thioether (sulfide) groups is 1.